The van der Waals surface area contributed by atoms with Gasteiger partial charge in [0, 0.05) is 30.0 Å². The Hall–Kier alpha value is -3.46. The average molecular weight is 420 g/mol. The van der Waals surface area contributed by atoms with E-state index in [0.29, 0.717) is 28.6 Å². The van der Waals surface area contributed by atoms with Gasteiger partial charge in [0.25, 0.3) is 5.91 Å². The van der Waals surface area contributed by atoms with Gasteiger partial charge in [-0.3, -0.25) is 9.48 Å². The fourth-order valence-corrected chi connectivity index (χ4v) is 4.44. The van der Waals surface area contributed by atoms with Crippen molar-refractivity contribution in [2.75, 3.05) is 12.4 Å². The summed E-state index contributed by atoms with van der Waals surface area (Å²) in [6.07, 6.45) is 9.15. The predicted molar refractivity (Wildman–Crippen MR) is 115 cm³/mol. The Morgan fingerprint density at radius 2 is 2.19 bits per heavy atom. The third-order valence-electron chi connectivity index (χ3n) is 6.05. The molecule has 0 bridgehead atoms. The van der Waals surface area contributed by atoms with Crippen LogP contribution < -0.4 is 10.1 Å². The average Bonchev–Trinajstić information content (AvgIpc) is 3.36. The number of ether oxygens (including phenoxy) is 1. The van der Waals surface area contributed by atoms with Crippen LogP contribution in [-0.4, -0.2) is 48.6 Å². The molecule has 3 atom stereocenters. The van der Waals surface area contributed by atoms with E-state index in [0.717, 1.165) is 30.2 Å². The molecule has 1 amide bonds. The summed E-state index contributed by atoms with van der Waals surface area (Å²) >= 11 is 0. The summed E-state index contributed by atoms with van der Waals surface area (Å²) in [6, 6.07) is 5.59. The summed E-state index contributed by atoms with van der Waals surface area (Å²) in [6.45, 7) is 2.14. The van der Waals surface area contributed by atoms with Crippen LogP contribution in [0, 0.1) is 5.92 Å². The first kappa shape index (κ1) is 19.5. The number of fused-ring (bicyclic) bond motifs is 2. The molecule has 1 saturated carbocycles. The number of methoxy groups -OCH3 is 1. The number of carbonyl (C=O) groups excluding carboxylic acids is 1. The summed E-state index contributed by atoms with van der Waals surface area (Å²) in [5.41, 5.74) is 2.27. The van der Waals surface area contributed by atoms with Crippen molar-refractivity contribution in [1.29, 1.82) is 0 Å². The van der Waals surface area contributed by atoms with E-state index in [9.17, 15) is 9.90 Å². The van der Waals surface area contributed by atoms with Gasteiger partial charge >= 0.3 is 0 Å². The molecule has 0 radical (unpaired) electrons. The van der Waals surface area contributed by atoms with E-state index in [4.69, 9.17) is 9.84 Å². The van der Waals surface area contributed by atoms with Gasteiger partial charge in [0.15, 0.2) is 5.65 Å². The molecule has 3 aromatic heterocycles. The van der Waals surface area contributed by atoms with E-state index in [1.165, 1.54) is 7.11 Å². The molecule has 4 aromatic rings. The number of hydrogen-bond acceptors (Lipinski definition) is 6. The van der Waals surface area contributed by atoms with Crippen molar-refractivity contribution in [2.45, 2.75) is 38.3 Å². The van der Waals surface area contributed by atoms with E-state index in [-0.39, 0.29) is 18.1 Å². The van der Waals surface area contributed by atoms with Crippen molar-refractivity contribution in [3.05, 3.63) is 48.5 Å². The Labute approximate surface area is 178 Å². The number of rotatable bonds is 4. The molecule has 9 heteroatoms. The molecule has 1 aliphatic rings. The van der Waals surface area contributed by atoms with E-state index in [2.05, 4.69) is 22.3 Å². The highest BCUT2D eigenvalue weighted by atomic mass is 16.5. The molecule has 0 aliphatic heterocycles. The summed E-state index contributed by atoms with van der Waals surface area (Å²) in [7, 11) is 1.54. The second kappa shape index (κ2) is 7.66. The number of nitrogens with zero attached hydrogens (tertiary/aromatic N) is 5. The predicted octanol–water partition coefficient (Wildman–Crippen LogP) is 3.06. The number of hydrogen-bond donors (Lipinski definition) is 2. The first-order chi connectivity index (χ1) is 15.0. The van der Waals surface area contributed by atoms with E-state index >= 15 is 0 Å². The summed E-state index contributed by atoms with van der Waals surface area (Å²) in [5, 5.41) is 22.6. The molecule has 1 aliphatic carbocycles. The van der Waals surface area contributed by atoms with Crippen LogP contribution in [0.1, 0.15) is 42.6 Å². The van der Waals surface area contributed by atoms with Crippen LogP contribution in [0.25, 0.3) is 16.6 Å². The number of aromatic nitrogens is 5. The van der Waals surface area contributed by atoms with Crippen LogP contribution in [0.15, 0.2) is 43.0 Å². The number of nitrogens with one attached hydrogen (secondary N) is 1. The van der Waals surface area contributed by atoms with E-state index in [1.807, 2.05) is 10.9 Å². The van der Waals surface area contributed by atoms with Crippen LogP contribution >= 0.6 is 0 Å². The molecule has 0 saturated heterocycles. The van der Waals surface area contributed by atoms with Gasteiger partial charge < -0.3 is 15.2 Å². The standard InChI is InChI=1S/C22H24N6O3/c1-13-8-15(29)4-5-19(13)28-12-14-9-16(20(31-2)10-17(14)26-28)22(30)25-18-11-24-27-7-3-6-23-21(18)27/h3,6-7,9-13,15,19,29H,4-5,8H2,1-2H3,(H,25,30)/t13-,15-,19-/m0/s1. The Kier molecular flexibility index (Phi) is 4.82. The second-order valence-electron chi connectivity index (χ2n) is 8.13. The fourth-order valence-electron chi connectivity index (χ4n) is 4.44. The molecule has 2 N–H and O–H groups in total. The first-order valence-corrected chi connectivity index (χ1v) is 10.4. The molecule has 5 rings (SSSR count). The molecule has 1 fully saturated rings. The molecular weight excluding hydrogens is 396 g/mol. The molecule has 0 unspecified atom stereocenters. The van der Waals surface area contributed by atoms with Gasteiger partial charge in [-0.1, -0.05) is 6.92 Å². The van der Waals surface area contributed by atoms with Crippen molar-refractivity contribution >= 4 is 28.1 Å². The van der Waals surface area contributed by atoms with Crippen LogP contribution in [-0.2, 0) is 0 Å². The van der Waals surface area contributed by atoms with Gasteiger partial charge in [-0.25, -0.2) is 9.50 Å². The summed E-state index contributed by atoms with van der Waals surface area (Å²) in [4.78, 5) is 17.3. The topological polar surface area (TPSA) is 107 Å². The van der Waals surface area contributed by atoms with Crippen molar-refractivity contribution < 1.29 is 14.6 Å². The van der Waals surface area contributed by atoms with Gasteiger partial charge in [-0.05, 0) is 37.3 Å². The zero-order valence-electron chi connectivity index (χ0n) is 17.4. The Morgan fingerprint density at radius 3 is 3.00 bits per heavy atom. The highest BCUT2D eigenvalue weighted by Crippen LogP contribution is 2.35. The zero-order valence-corrected chi connectivity index (χ0v) is 17.4. The lowest BCUT2D eigenvalue weighted by Crippen LogP contribution is -2.28. The molecule has 3 heterocycles. The fraction of sp³-hybridized carbons (Fsp3) is 0.364. The Balaban J connectivity index is 1.47. The zero-order chi connectivity index (χ0) is 21.5. The largest absolute Gasteiger partial charge is 0.496 e. The van der Waals surface area contributed by atoms with Crippen LogP contribution in [0.3, 0.4) is 0 Å². The highest BCUT2D eigenvalue weighted by Gasteiger charge is 2.28. The lowest BCUT2D eigenvalue weighted by molar-refractivity contribution is 0.0750. The number of benzene rings is 1. The van der Waals surface area contributed by atoms with Gasteiger partial charge in [0.1, 0.15) is 11.4 Å². The van der Waals surface area contributed by atoms with Crippen molar-refractivity contribution in [3.63, 3.8) is 0 Å². The maximum atomic E-state index is 13.1. The lowest BCUT2D eigenvalue weighted by Gasteiger charge is -2.31. The molecule has 9 nitrogen and oxygen atoms in total. The highest BCUT2D eigenvalue weighted by molar-refractivity contribution is 6.09. The maximum absolute atomic E-state index is 13.1. The normalized spacial score (nSPS) is 21.5. The summed E-state index contributed by atoms with van der Waals surface area (Å²) in [5.74, 6) is 0.471. The number of aliphatic hydroxyl groups is 1. The van der Waals surface area contributed by atoms with Crippen LogP contribution in [0.5, 0.6) is 5.75 Å². The Morgan fingerprint density at radius 1 is 1.32 bits per heavy atom. The third kappa shape index (κ3) is 3.50. The molecular formula is C22H24N6O3. The number of anilines is 1. The molecule has 160 valence electrons. The van der Waals surface area contributed by atoms with Crippen molar-refractivity contribution in [3.8, 4) is 5.75 Å². The summed E-state index contributed by atoms with van der Waals surface area (Å²) < 4.78 is 9.06. The lowest BCUT2D eigenvalue weighted by atomic mass is 9.84. The number of amides is 1. The quantitative estimate of drug-likeness (QED) is 0.526. The molecule has 31 heavy (non-hydrogen) atoms. The maximum Gasteiger partial charge on any atom is 0.259 e. The van der Waals surface area contributed by atoms with Gasteiger partial charge in [0.05, 0.1) is 36.5 Å². The molecule has 0 spiro atoms. The molecule has 1 aromatic carbocycles. The van der Waals surface area contributed by atoms with E-state index < -0.39 is 0 Å². The van der Waals surface area contributed by atoms with Gasteiger partial charge in [0.2, 0.25) is 0 Å². The van der Waals surface area contributed by atoms with Crippen LogP contribution in [0.4, 0.5) is 5.69 Å². The SMILES string of the molecule is COc1cc2nn([C@H]3CC[C@H](O)C[C@@H]3C)cc2cc1C(=O)Nc1cnn2cccnc12. The second-order valence-corrected chi connectivity index (χ2v) is 8.13. The minimum Gasteiger partial charge on any atom is -0.496 e. The number of carbonyl (C=O) groups is 1. The Bertz CT molecular complexity index is 1260. The smallest absolute Gasteiger partial charge is 0.259 e. The van der Waals surface area contributed by atoms with Gasteiger partial charge in [-0.2, -0.15) is 10.2 Å². The van der Waals surface area contributed by atoms with Crippen molar-refractivity contribution in [1.82, 2.24) is 24.4 Å². The van der Waals surface area contributed by atoms with Crippen molar-refractivity contribution in [2.24, 2.45) is 5.92 Å². The minimum absolute atomic E-state index is 0.226. The third-order valence-corrected chi connectivity index (χ3v) is 6.05. The van der Waals surface area contributed by atoms with Gasteiger partial charge in [-0.15, -0.1) is 0 Å². The number of aliphatic hydroxyl groups excluding tert-OH is 1. The minimum atomic E-state index is -0.304. The monoisotopic (exact) mass is 420 g/mol. The first-order valence-electron chi connectivity index (χ1n) is 10.4. The van der Waals surface area contributed by atoms with Crippen LogP contribution in [0.2, 0.25) is 0 Å². The van der Waals surface area contributed by atoms with E-state index in [1.54, 1.807) is 41.3 Å².